The minimum Gasteiger partial charge on any atom is -0.463 e. The van der Waals surface area contributed by atoms with Gasteiger partial charge < -0.3 is 34.6 Å². The van der Waals surface area contributed by atoms with E-state index in [9.17, 15) is 43.8 Å². The van der Waals surface area contributed by atoms with Crippen LogP contribution in [0.5, 0.6) is 0 Å². The lowest BCUT2D eigenvalue weighted by atomic mass is 10.0. The Morgan fingerprint density at radius 1 is 0.409 bits per heavy atom. The fourth-order valence-corrected chi connectivity index (χ4v) is 7.43. The third kappa shape index (κ3) is 46.3. The lowest BCUT2D eigenvalue weighted by molar-refractivity contribution is -0.148. The summed E-state index contributed by atoms with van der Waals surface area (Å²) in [6.07, 6.45) is 45.6. The van der Waals surface area contributed by atoms with Crippen LogP contribution in [0.3, 0.4) is 0 Å². The van der Waals surface area contributed by atoms with Crippen molar-refractivity contribution in [2.45, 2.75) is 173 Å². The van der Waals surface area contributed by atoms with Crippen molar-refractivity contribution in [2.24, 2.45) is 0 Å². The smallest absolute Gasteiger partial charge is 0.463 e. The van der Waals surface area contributed by atoms with Crippen molar-refractivity contribution in [1.29, 1.82) is 0 Å². The van der Waals surface area contributed by atoms with Crippen molar-refractivity contribution < 1.29 is 71.4 Å². The van der Waals surface area contributed by atoms with Crippen molar-refractivity contribution in [2.75, 3.05) is 39.6 Å². The molecule has 0 amide bonds. The molecule has 17 heteroatoms. The molecule has 5 atom stereocenters. The number of unbranched alkanes of at least 4 members (excludes halogenated alkanes) is 17. The van der Waals surface area contributed by atoms with E-state index in [-0.39, 0.29) is 12.8 Å². The molecule has 0 radical (unpaired) electrons. The van der Waals surface area contributed by atoms with E-state index in [1.807, 2.05) is 79.0 Å². The van der Waals surface area contributed by atoms with Crippen LogP contribution >= 0.6 is 15.6 Å². The quantitative estimate of drug-likeness (QED) is 0.0166. The van der Waals surface area contributed by atoms with Gasteiger partial charge in [-0.3, -0.25) is 27.7 Å². The summed E-state index contributed by atoms with van der Waals surface area (Å²) in [6.45, 7) is 0.208. The van der Waals surface area contributed by atoms with E-state index >= 15 is 0 Å². The molecule has 66 heavy (non-hydrogen) atoms. The van der Waals surface area contributed by atoms with Gasteiger partial charge in [0.1, 0.15) is 31.5 Å². The first-order valence-corrected chi connectivity index (χ1v) is 27.0. The Kier molecular flexibility index (Phi) is 42.8. The van der Waals surface area contributed by atoms with E-state index in [2.05, 4.69) is 38.0 Å². The summed E-state index contributed by atoms with van der Waals surface area (Å²) >= 11 is 0. The van der Waals surface area contributed by atoms with Gasteiger partial charge in [-0.25, -0.2) is 9.13 Å². The Hall–Kier alpha value is -2.78. The molecule has 0 aromatic heterocycles. The van der Waals surface area contributed by atoms with Crippen LogP contribution in [0.25, 0.3) is 0 Å². The summed E-state index contributed by atoms with van der Waals surface area (Å²) in [7, 11) is -9.59. The lowest BCUT2D eigenvalue weighted by Crippen LogP contribution is -2.25. The molecule has 0 aliphatic heterocycles. The number of aliphatic hydroxyl groups is 3. The zero-order chi connectivity index (χ0) is 48.8. The largest absolute Gasteiger partial charge is 0.472 e. The predicted octanol–water partition coefficient (Wildman–Crippen LogP) is 10.9. The summed E-state index contributed by atoms with van der Waals surface area (Å²) in [5.74, 6) is -1.04. The number of carbonyl (C=O) groups excluding carboxylic acids is 2. The number of rotatable bonds is 45. The molecule has 0 aromatic carbocycles. The Balaban J connectivity index is 3.97. The minimum absolute atomic E-state index is 0.139. The molecular weight excluding hydrogens is 890 g/mol. The highest BCUT2D eigenvalue weighted by Crippen LogP contribution is 2.45. The Labute approximate surface area is 396 Å². The monoisotopic (exact) mass is 975 g/mol. The van der Waals surface area contributed by atoms with E-state index < -0.39 is 85.5 Å². The summed E-state index contributed by atoms with van der Waals surface area (Å²) in [6, 6.07) is 0. The second kappa shape index (κ2) is 44.7. The highest BCUT2D eigenvalue weighted by atomic mass is 31.2. The molecule has 0 aliphatic carbocycles. The van der Waals surface area contributed by atoms with Gasteiger partial charge in [-0.2, -0.15) is 0 Å². The molecular formula is C49H84O15P2. The average Bonchev–Trinajstić information content (AvgIpc) is 3.29. The standard InChI is InChI=1S/C49H84O15P2/c1-3-5-7-9-11-13-15-17-19-20-21-22-24-26-28-30-32-34-36-38-49(54)60-40-46(51)42-62-66(57,58)64-44-47(52)43-63-65(55,56)61-41-45(50)39-59-48(53)37-35-33-31-29-27-25-23-18-16-14-12-10-8-6-4-2/h5,7,9,11,13,15,17,19-22,24,26,28,45-47,50-52H,3-4,6,8,10,12,14,16,18,23,25,27,29-44H2,1-2H3,(H,55,56)(H,57,58)/b7-5+,11-9+,15-13-,19-17+,21-20+,24-22+,28-26+. The minimum atomic E-state index is -4.80. The second-order valence-corrected chi connectivity index (χ2v) is 18.8. The third-order valence-electron chi connectivity index (χ3n) is 9.56. The number of hydrogen-bond acceptors (Lipinski definition) is 13. The summed E-state index contributed by atoms with van der Waals surface area (Å²) < 4.78 is 53.0. The van der Waals surface area contributed by atoms with Gasteiger partial charge in [0.2, 0.25) is 0 Å². The first kappa shape index (κ1) is 63.2. The summed E-state index contributed by atoms with van der Waals surface area (Å²) in [5.41, 5.74) is 0. The number of carbonyl (C=O) groups is 2. The van der Waals surface area contributed by atoms with Crippen molar-refractivity contribution in [3.8, 4) is 0 Å². The topological polar surface area (TPSA) is 225 Å². The van der Waals surface area contributed by atoms with E-state index in [0.29, 0.717) is 12.8 Å². The maximum atomic E-state index is 12.2. The molecule has 5 unspecified atom stereocenters. The predicted molar refractivity (Wildman–Crippen MR) is 260 cm³/mol. The maximum Gasteiger partial charge on any atom is 0.472 e. The SMILES string of the molecule is CC/C=C/C=C/C=C\C=C\C=C\C=C\C=C\CCCCCC(=O)OCC(O)COP(=O)(O)OCC(O)COP(=O)(O)OCC(O)COC(=O)CCCCCCCCCCCCCCCCC. The first-order chi connectivity index (χ1) is 31.8. The number of phosphoric acid groups is 2. The fraction of sp³-hybridized carbons (Fsp3) is 0.673. The molecule has 15 nitrogen and oxygen atoms in total. The van der Waals surface area contributed by atoms with Gasteiger partial charge >= 0.3 is 27.6 Å². The molecule has 0 aliphatic rings. The van der Waals surface area contributed by atoms with Gasteiger partial charge in [-0.1, -0.05) is 195 Å². The number of ether oxygens (including phenoxy) is 2. The van der Waals surface area contributed by atoms with Crippen LogP contribution in [0, 0.1) is 0 Å². The lowest BCUT2D eigenvalue weighted by Gasteiger charge is -2.19. The van der Waals surface area contributed by atoms with Crippen LogP contribution in [0.1, 0.15) is 155 Å². The maximum absolute atomic E-state index is 12.2. The molecule has 0 spiro atoms. The number of allylic oxidation sites excluding steroid dienone is 14. The molecule has 0 aromatic rings. The van der Waals surface area contributed by atoms with E-state index in [1.54, 1.807) is 0 Å². The molecule has 0 saturated carbocycles. The van der Waals surface area contributed by atoms with E-state index in [1.165, 1.54) is 70.6 Å². The summed E-state index contributed by atoms with van der Waals surface area (Å²) in [5, 5.41) is 30.0. The highest BCUT2D eigenvalue weighted by molar-refractivity contribution is 7.47. The first-order valence-electron chi connectivity index (χ1n) is 24.0. The molecule has 5 N–H and O–H groups in total. The molecule has 0 bridgehead atoms. The third-order valence-corrected chi connectivity index (χ3v) is 11.5. The van der Waals surface area contributed by atoms with Gasteiger partial charge in [0.25, 0.3) is 0 Å². The van der Waals surface area contributed by atoms with E-state index in [0.717, 1.165) is 44.9 Å². The van der Waals surface area contributed by atoms with Crippen molar-refractivity contribution in [1.82, 2.24) is 0 Å². The van der Waals surface area contributed by atoms with Gasteiger partial charge in [0.15, 0.2) is 0 Å². The van der Waals surface area contributed by atoms with Gasteiger partial charge in [-0.05, 0) is 32.1 Å². The van der Waals surface area contributed by atoms with Crippen molar-refractivity contribution in [3.05, 3.63) is 85.1 Å². The Morgan fingerprint density at radius 2 is 0.697 bits per heavy atom. The molecule has 380 valence electrons. The Morgan fingerprint density at radius 3 is 1.05 bits per heavy atom. The van der Waals surface area contributed by atoms with Gasteiger partial charge in [0, 0.05) is 12.8 Å². The molecule has 0 rings (SSSR count). The van der Waals surface area contributed by atoms with Crippen molar-refractivity contribution in [3.63, 3.8) is 0 Å². The van der Waals surface area contributed by atoms with Crippen LogP contribution in [0.2, 0.25) is 0 Å². The van der Waals surface area contributed by atoms with Crippen LogP contribution in [0.15, 0.2) is 85.1 Å². The number of phosphoric ester groups is 2. The highest BCUT2D eigenvalue weighted by Gasteiger charge is 2.28. The molecule has 0 saturated heterocycles. The summed E-state index contributed by atoms with van der Waals surface area (Å²) in [4.78, 5) is 43.7. The van der Waals surface area contributed by atoms with Crippen LogP contribution in [-0.4, -0.2) is 95.0 Å². The molecule has 0 heterocycles. The average molecular weight is 975 g/mol. The second-order valence-electron chi connectivity index (χ2n) is 15.9. The number of aliphatic hydroxyl groups excluding tert-OH is 3. The van der Waals surface area contributed by atoms with Crippen LogP contribution in [0.4, 0.5) is 0 Å². The van der Waals surface area contributed by atoms with Crippen LogP contribution in [-0.2, 0) is 46.3 Å². The number of hydrogen-bond donors (Lipinski definition) is 5. The zero-order valence-electron chi connectivity index (χ0n) is 39.8. The number of esters is 2. The van der Waals surface area contributed by atoms with Gasteiger partial charge in [-0.15, -0.1) is 0 Å². The van der Waals surface area contributed by atoms with Crippen LogP contribution < -0.4 is 0 Å². The van der Waals surface area contributed by atoms with Gasteiger partial charge in [0.05, 0.1) is 26.4 Å². The molecule has 0 fully saturated rings. The Bertz CT molecular complexity index is 1510. The zero-order valence-corrected chi connectivity index (χ0v) is 41.6. The fourth-order valence-electron chi connectivity index (χ4n) is 5.84. The van der Waals surface area contributed by atoms with E-state index in [4.69, 9.17) is 9.47 Å². The normalized spacial score (nSPS) is 15.8. The van der Waals surface area contributed by atoms with Crippen molar-refractivity contribution >= 4 is 27.6 Å².